The molecule has 5 rings (SSSR count). The first-order valence-corrected chi connectivity index (χ1v) is 10.4. The first kappa shape index (κ1) is 23.6. The number of halogens is 1. The maximum atomic E-state index is 13.3. The van der Waals surface area contributed by atoms with Gasteiger partial charge in [-0.3, -0.25) is 14.3 Å². The topological polar surface area (TPSA) is 68.1 Å². The van der Waals surface area contributed by atoms with Crippen molar-refractivity contribution in [3.05, 3.63) is 90.1 Å². The Hall–Kier alpha value is -3.09. The third kappa shape index (κ3) is 5.39. The molecule has 0 unspecified atom stereocenters. The largest absolute Gasteiger partial charge is 2.00 e. The fourth-order valence-corrected chi connectivity index (χ4v) is 3.64. The normalized spacial score (nSPS) is 15.8. The number of carbonyl (C=O) groups excluding carboxylic acids is 2. The molecule has 0 radical (unpaired) electrons. The Morgan fingerprint density at radius 1 is 1.00 bits per heavy atom. The summed E-state index contributed by atoms with van der Waals surface area (Å²) in [5, 5.41) is 8.31. The van der Waals surface area contributed by atoms with Crippen LogP contribution in [0.15, 0.2) is 73.0 Å². The van der Waals surface area contributed by atoms with Gasteiger partial charge in [-0.25, -0.2) is 4.39 Å². The molecular weight excluding hydrogens is 451 g/mol. The van der Waals surface area contributed by atoms with Gasteiger partial charge < -0.3 is 4.90 Å². The van der Waals surface area contributed by atoms with Crippen molar-refractivity contribution in [1.29, 1.82) is 0 Å². The minimum atomic E-state index is -0.641. The number of aromatic nitrogens is 3. The molecule has 1 aromatic carbocycles. The number of benzene rings is 1. The second kappa shape index (κ2) is 11.0. The van der Waals surface area contributed by atoms with Crippen LogP contribution in [-0.2, 0) is 28.4 Å². The van der Waals surface area contributed by atoms with Gasteiger partial charge in [-0.2, -0.15) is 0 Å². The SMILES string of the molecule is C1=CCC=C1.O=C1C(=O)N(CCCCn2cc(C3C=CC=C3)nn2)c2ccc(F)cc21.[Fe+2]. The summed E-state index contributed by atoms with van der Waals surface area (Å²) in [6.45, 7) is 1.10. The average Bonchev–Trinajstić information content (AvgIpc) is 3.58. The first-order chi connectivity index (χ1) is 15.1. The number of rotatable bonds is 6. The molecule has 2 heterocycles. The van der Waals surface area contributed by atoms with E-state index in [4.69, 9.17) is 0 Å². The van der Waals surface area contributed by atoms with E-state index in [-0.39, 0.29) is 28.6 Å². The molecule has 0 atom stereocenters. The number of carbonyl (C=O) groups is 2. The summed E-state index contributed by atoms with van der Waals surface area (Å²) in [6, 6.07) is 3.87. The molecular formula is C24H23FFeN4O2+2. The van der Waals surface area contributed by atoms with Crippen LogP contribution in [-0.4, -0.2) is 33.2 Å². The molecule has 8 heteroatoms. The van der Waals surface area contributed by atoms with Gasteiger partial charge in [0, 0.05) is 25.2 Å². The van der Waals surface area contributed by atoms with Crippen LogP contribution in [0.2, 0.25) is 0 Å². The zero-order chi connectivity index (χ0) is 21.6. The van der Waals surface area contributed by atoms with E-state index in [1.165, 1.54) is 17.0 Å². The fraction of sp³-hybridized carbons (Fsp3) is 0.250. The smallest absolute Gasteiger partial charge is 0.305 e. The molecule has 0 bridgehead atoms. The second-order valence-electron chi connectivity index (χ2n) is 7.45. The molecule has 0 saturated carbocycles. The molecule has 2 aromatic rings. The predicted molar refractivity (Wildman–Crippen MR) is 116 cm³/mol. The summed E-state index contributed by atoms with van der Waals surface area (Å²) in [4.78, 5) is 25.5. The minimum Gasteiger partial charge on any atom is -0.305 e. The molecule has 0 N–H and O–H groups in total. The van der Waals surface area contributed by atoms with Crippen molar-refractivity contribution in [2.45, 2.75) is 31.7 Å². The Balaban J connectivity index is 0.000000427. The van der Waals surface area contributed by atoms with Gasteiger partial charge >= 0.3 is 17.1 Å². The molecule has 6 nitrogen and oxygen atoms in total. The number of aryl methyl sites for hydroxylation is 1. The van der Waals surface area contributed by atoms with Gasteiger partial charge in [0.1, 0.15) is 5.82 Å². The maximum Gasteiger partial charge on any atom is 2.00 e. The molecule has 1 aromatic heterocycles. The van der Waals surface area contributed by atoms with Gasteiger partial charge in [0.2, 0.25) is 0 Å². The number of hydrogen-bond acceptors (Lipinski definition) is 4. The van der Waals surface area contributed by atoms with Crippen LogP contribution in [0.4, 0.5) is 10.1 Å². The Morgan fingerprint density at radius 2 is 1.72 bits per heavy atom. The third-order valence-corrected chi connectivity index (χ3v) is 5.25. The quantitative estimate of drug-likeness (QED) is 0.359. The van der Waals surface area contributed by atoms with Crippen molar-refractivity contribution >= 4 is 17.4 Å². The number of ketones is 1. The van der Waals surface area contributed by atoms with E-state index in [0.717, 1.165) is 24.6 Å². The van der Waals surface area contributed by atoms with Crippen molar-refractivity contribution < 1.29 is 31.0 Å². The average molecular weight is 474 g/mol. The number of hydrogen-bond donors (Lipinski definition) is 0. The van der Waals surface area contributed by atoms with E-state index in [0.29, 0.717) is 25.2 Å². The van der Waals surface area contributed by atoms with Crippen LogP contribution < -0.4 is 4.90 Å². The molecule has 1 amide bonds. The molecule has 1 aliphatic heterocycles. The van der Waals surface area contributed by atoms with Gasteiger partial charge in [0.05, 0.1) is 16.9 Å². The number of unbranched alkanes of at least 4 members (excludes halogenated alkanes) is 1. The third-order valence-electron chi connectivity index (χ3n) is 5.25. The van der Waals surface area contributed by atoms with Crippen molar-refractivity contribution in [3.8, 4) is 0 Å². The van der Waals surface area contributed by atoms with E-state index in [1.54, 1.807) is 4.68 Å². The molecule has 3 aliphatic rings. The Bertz CT molecular complexity index is 1080. The van der Waals surface area contributed by atoms with Crippen molar-refractivity contribution in [2.75, 3.05) is 11.4 Å². The molecule has 0 saturated heterocycles. The molecule has 0 fully saturated rings. The number of amides is 1. The second-order valence-corrected chi connectivity index (χ2v) is 7.45. The van der Waals surface area contributed by atoms with Crippen LogP contribution in [0.3, 0.4) is 0 Å². The monoisotopic (exact) mass is 474 g/mol. The Kier molecular flexibility index (Phi) is 8.08. The van der Waals surface area contributed by atoms with Gasteiger partial charge in [-0.1, -0.05) is 53.8 Å². The van der Waals surface area contributed by atoms with Crippen LogP contribution >= 0.6 is 0 Å². The molecule has 32 heavy (non-hydrogen) atoms. The summed E-state index contributed by atoms with van der Waals surface area (Å²) in [7, 11) is 0. The van der Waals surface area contributed by atoms with Crippen LogP contribution in [0, 0.1) is 5.82 Å². The molecule has 2 aliphatic carbocycles. The van der Waals surface area contributed by atoms with E-state index in [1.807, 2.05) is 18.3 Å². The van der Waals surface area contributed by atoms with Crippen molar-refractivity contribution in [3.63, 3.8) is 0 Å². The van der Waals surface area contributed by atoms with E-state index in [9.17, 15) is 14.0 Å². The first-order valence-electron chi connectivity index (χ1n) is 10.4. The van der Waals surface area contributed by atoms with E-state index in [2.05, 4.69) is 46.8 Å². The van der Waals surface area contributed by atoms with Crippen LogP contribution in [0.5, 0.6) is 0 Å². The van der Waals surface area contributed by atoms with Gasteiger partial charge in [0.15, 0.2) is 0 Å². The van der Waals surface area contributed by atoms with Crippen LogP contribution in [0.25, 0.3) is 0 Å². The van der Waals surface area contributed by atoms with Gasteiger partial charge in [-0.15, -0.1) is 5.10 Å². The molecule has 164 valence electrons. The zero-order valence-corrected chi connectivity index (χ0v) is 18.5. The Labute approximate surface area is 196 Å². The van der Waals surface area contributed by atoms with Gasteiger partial charge in [-0.05, 0) is 37.5 Å². The summed E-state index contributed by atoms with van der Waals surface area (Å²) >= 11 is 0. The molecule has 0 spiro atoms. The van der Waals surface area contributed by atoms with Crippen molar-refractivity contribution in [2.24, 2.45) is 0 Å². The van der Waals surface area contributed by atoms with E-state index >= 15 is 0 Å². The number of Topliss-reactive ketones (excluding diaryl/α,β-unsaturated/α-hetero) is 1. The summed E-state index contributed by atoms with van der Waals surface area (Å²) in [5.41, 5.74) is 1.55. The number of allylic oxidation sites excluding steroid dienone is 8. The Morgan fingerprint density at radius 3 is 2.41 bits per heavy atom. The number of fused-ring (bicyclic) bond motifs is 1. The predicted octanol–water partition coefficient (Wildman–Crippen LogP) is 4.14. The standard InChI is InChI=1S/C19H17FN4O2.C5H6.Fe/c20-14-7-8-17-15(11-14)18(25)19(26)24(17)10-4-3-9-23-12-16(21-22-23)13-5-1-2-6-13;1-2-4-5-3-1;/h1-2,5-8,11-13H,3-4,9-10H2;1-4H,5H2;/q;;+2. The maximum absolute atomic E-state index is 13.3. The number of anilines is 1. The summed E-state index contributed by atoms with van der Waals surface area (Å²) < 4.78 is 15.1. The zero-order valence-electron chi connectivity index (χ0n) is 17.4. The summed E-state index contributed by atoms with van der Waals surface area (Å²) in [6.07, 6.45) is 21.0. The van der Waals surface area contributed by atoms with Crippen LogP contribution in [0.1, 0.15) is 41.2 Å². The summed E-state index contributed by atoms with van der Waals surface area (Å²) in [5.74, 6) is -1.55. The van der Waals surface area contributed by atoms with Gasteiger partial charge in [0.25, 0.3) is 11.7 Å². The van der Waals surface area contributed by atoms with Crippen molar-refractivity contribution in [1.82, 2.24) is 15.0 Å². The van der Waals surface area contributed by atoms with E-state index < -0.39 is 17.5 Å². The number of nitrogens with zero attached hydrogens (tertiary/aromatic N) is 4. The fourth-order valence-electron chi connectivity index (χ4n) is 3.64. The minimum absolute atomic E-state index is 0.